The maximum Gasteiger partial charge on any atom is 0.326 e. The van der Waals surface area contributed by atoms with E-state index in [4.69, 9.17) is 0 Å². The van der Waals surface area contributed by atoms with Crippen LogP contribution < -0.4 is 11.0 Å². The van der Waals surface area contributed by atoms with Gasteiger partial charge in [-0.2, -0.15) is 4.39 Å². The van der Waals surface area contributed by atoms with E-state index in [2.05, 4.69) is 20.3 Å². The summed E-state index contributed by atoms with van der Waals surface area (Å²) in [7, 11) is 1.68. The lowest BCUT2D eigenvalue weighted by Gasteiger charge is -2.18. The van der Waals surface area contributed by atoms with Crippen LogP contribution in [0.2, 0.25) is 0 Å². The highest BCUT2D eigenvalue weighted by molar-refractivity contribution is 7.17. The van der Waals surface area contributed by atoms with E-state index in [0.717, 1.165) is 10.4 Å². The first kappa shape index (κ1) is 22.9. The predicted molar refractivity (Wildman–Crippen MR) is 133 cm³/mol. The van der Waals surface area contributed by atoms with Crippen molar-refractivity contribution in [1.82, 2.24) is 24.1 Å². The van der Waals surface area contributed by atoms with Gasteiger partial charge in [-0.1, -0.05) is 0 Å². The molecule has 5 aromatic rings. The van der Waals surface area contributed by atoms with Crippen LogP contribution in [0.5, 0.6) is 0 Å². The number of aryl methyl sites for hydroxylation is 2. The van der Waals surface area contributed by atoms with E-state index in [0.29, 0.717) is 45.9 Å². The molecule has 1 aromatic carbocycles. The third kappa shape index (κ3) is 4.47. The van der Waals surface area contributed by atoms with Crippen molar-refractivity contribution in [2.75, 3.05) is 5.32 Å². The number of anilines is 1. The Morgan fingerprint density at radius 3 is 2.77 bits per heavy atom. The molecule has 0 fully saturated rings. The third-order valence-corrected chi connectivity index (χ3v) is 6.92. The molecule has 35 heavy (non-hydrogen) atoms. The second kappa shape index (κ2) is 8.43. The van der Waals surface area contributed by atoms with Gasteiger partial charge in [-0.25, -0.2) is 14.8 Å². The summed E-state index contributed by atoms with van der Waals surface area (Å²) in [6.45, 7) is 3.83. The van der Waals surface area contributed by atoms with Crippen LogP contribution in [0.3, 0.4) is 0 Å². The van der Waals surface area contributed by atoms with Gasteiger partial charge in [0.25, 0.3) is 5.91 Å². The molecule has 0 spiro atoms. The van der Waals surface area contributed by atoms with Gasteiger partial charge in [-0.05, 0) is 56.2 Å². The topological polar surface area (TPSA) is 118 Å². The number of hydrogen-bond donors (Lipinski definition) is 3. The van der Waals surface area contributed by atoms with Gasteiger partial charge >= 0.3 is 5.69 Å². The summed E-state index contributed by atoms with van der Waals surface area (Å²) in [4.78, 5) is 37.3. The second-order valence-electron chi connectivity index (χ2n) is 8.98. The second-order valence-corrected chi connectivity index (χ2v) is 10.1. The summed E-state index contributed by atoms with van der Waals surface area (Å²) in [5.41, 5.74) is 2.16. The van der Waals surface area contributed by atoms with Gasteiger partial charge in [0, 0.05) is 30.7 Å². The molecule has 11 heteroatoms. The molecule has 9 nitrogen and oxygen atoms in total. The molecular weight excluding hydrogens is 471 g/mol. The number of aromatic amines is 1. The summed E-state index contributed by atoms with van der Waals surface area (Å²) in [6.07, 6.45) is 1.80. The summed E-state index contributed by atoms with van der Waals surface area (Å²) in [5.74, 6) is -0.610. The molecule has 180 valence electrons. The molecule has 4 aromatic heterocycles. The van der Waals surface area contributed by atoms with Crippen molar-refractivity contribution in [2.45, 2.75) is 32.4 Å². The van der Waals surface area contributed by atoms with E-state index in [1.807, 2.05) is 10.6 Å². The first-order valence-electron chi connectivity index (χ1n) is 10.9. The molecule has 0 unspecified atom stereocenters. The highest BCUT2D eigenvalue weighted by atomic mass is 32.1. The number of benzene rings is 1. The summed E-state index contributed by atoms with van der Waals surface area (Å²) >= 11 is 1.23. The van der Waals surface area contributed by atoms with Crippen LogP contribution in [0.1, 0.15) is 29.9 Å². The largest absolute Gasteiger partial charge is 0.390 e. The van der Waals surface area contributed by atoms with Crippen LogP contribution >= 0.6 is 11.3 Å². The minimum absolute atomic E-state index is 0.230. The Hall–Kier alpha value is -3.83. The van der Waals surface area contributed by atoms with Gasteiger partial charge in [0.1, 0.15) is 0 Å². The van der Waals surface area contributed by atoms with Gasteiger partial charge in [0.15, 0.2) is 0 Å². The predicted octanol–water partition coefficient (Wildman–Crippen LogP) is 3.89. The highest BCUT2D eigenvalue weighted by Crippen LogP contribution is 2.30. The summed E-state index contributed by atoms with van der Waals surface area (Å²) < 4.78 is 16.8. The van der Waals surface area contributed by atoms with E-state index < -0.39 is 11.5 Å². The number of fused-ring (bicyclic) bond motifs is 2. The number of aromatic nitrogens is 5. The van der Waals surface area contributed by atoms with Gasteiger partial charge in [0.2, 0.25) is 11.9 Å². The van der Waals surface area contributed by atoms with Crippen molar-refractivity contribution in [3.8, 4) is 10.4 Å². The molecule has 0 aliphatic rings. The Balaban J connectivity index is 1.52. The fraction of sp³-hybridized carbons (Fsp3) is 0.250. The number of hydrogen-bond acceptors (Lipinski definition) is 6. The monoisotopic (exact) mass is 494 g/mol. The number of carbonyl (C=O) groups is 1. The SMILES string of the molecule is Cn1c(=O)[nH]c2cc3nc(NC(=O)c4ccc(-c5ccnc(F)c5)s4)n(CCC(C)(C)O)c3cc21. The lowest BCUT2D eigenvalue weighted by molar-refractivity contribution is 0.0667. The molecule has 0 aliphatic carbocycles. The van der Waals surface area contributed by atoms with E-state index >= 15 is 0 Å². The van der Waals surface area contributed by atoms with E-state index in [-0.39, 0.29) is 11.6 Å². The molecule has 0 saturated carbocycles. The smallest absolute Gasteiger partial charge is 0.326 e. The van der Waals surface area contributed by atoms with Gasteiger partial charge in [-0.3, -0.25) is 14.7 Å². The Bertz CT molecular complexity index is 1640. The van der Waals surface area contributed by atoms with Crippen molar-refractivity contribution in [1.29, 1.82) is 0 Å². The average Bonchev–Trinajstić information content (AvgIpc) is 3.47. The zero-order valence-electron chi connectivity index (χ0n) is 19.3. The fourth-order valence-electron chi connectivity index (χ4n) is 3.89. The van der Waals surface area contributed by atoms with Crippen molar-refractivity contribution >= 4 is 45.3 Å². The Labute approximate surface area is 202 Å². The van der Waals surface area contributed by atoms with Crippen LogP contribution in [0.15, 0.2) is 47.4 Å². The van der Waals surface area contributed by atoms with Crippen LogP contribution in [0.4, 0.5) is 10.3 Å². The molecule has 4 heterocycles. The molecule has 3 N–H and O–H groups in total. The number of amides is 1. The van der Waals surface area contributed by atoms with Crippen LogP contribution in [-0.2, 0) is 13.6 Å². The quantitative estimate of drug-likeness (QED) is 0.310. The highest BCUT2D eigenvalue weighted by Gasteiger charge is 2.20. The number of rotatable bonds is 6. The molecule has 0 radical (unpaired) electrons. The zero-order valence-corrected chi connectivity index (χ0v) is 20.1. The number of H-pyrrole nitrogens is 1. The zero-order chi connectivity index (χ0) is 24.9. The molecule has 0 saturated heterocycles. The first-order valence-corrected chi connectivity index (χ1v) is 11.8. The van der Waals surface area contributed by atoms with Gasteiger partial charge in [-0.15, -0.1) is 11.3 Å². The Morgan fingerprint density at radius 2 is 2.03 bits per heavy atom. The molecular formula is C24H23FN6O3S. The van der Waals surface area contributed by atoms with Gasteiger partial charge in [0.05, 0.1) is 32.5 Å². The lowest BCUT2D eigenvalue weighted by atomic mass is 10.1. The van der Waals surface area contributed by atoms with E-state index in [9.17, 15) is 19.1 Å². The van der Waals surface area contributed by atoms with Crippen LogP contribution in [0, 0.1) is 5.95 Å². The van der Waals surface area contributed by atoms with Crippen molar-refractivity contribution in [3.05, 3.63) is 63.9 Å². The molecule has 0 bridgehead atoms. The third-order valence-electron chi connectivity index (χ3n) is 5.79. The minimum Gasteiger partial charge on any atom is -0.390 e. The van der Waals surface area contributed by atoms with Crippen LogP contribution in [-0.4, -0.2) is 40.7 Å². The van der Waals surface area contributed by atoms with Crippen molar-refractivity contribution < 1.29 is 14.3 Å². The number of aliphatic hydroxyl groups is 1. The van der Waals surface area contributed by atoms with Crippen molar-refractivity contribution in [3.63, 3.8) is 0 Å². The van der Waals surface area contributed by atoms with Crippen LogP contribution in [0.25, 0.3) is 32.5 Å². The standard InChI is InChI=1S/C24H23FN6O3S/c1-24(2,34)7-9-31-17-12-16-14(28-23(33)30(16)3)11-15(17)27-22(31)29-21(32)19-5-4-18(35-19)13-6-8-26-20(25)10-13/h4-6,8,10-12,34H,7,9H2,1-3H3,(H,28,33)(H,27,29,32). The Morgan fingerprint density at radius 1 is 1.23 bits per heavy atom. The molecule has 0 aliphatic heterocycles. The lowest BCUT2D eigenvalue weighted by Crippen LogP contribution is -2.22. The number of halogens is 1. The normalized spacial score (nSPS) is 12.0. The van der Waals surface area contributed by atoms with E-state index in [1.165, 1.54) is 28.2 Å². The maximum absolute atomic E-state index is 13.5. The number of pyridine rings is 1. The first-order chi connectivity index (χ1) is 16.6. The van der Waals surface area contributed by atoms with Crippen molar-refractivity contribution in [2.24, 2.45) is 7.05 Å². The number of nitrogens with one attached hydrogen (secondary N) is 2. The fourth-order valence-corrected chi connectivity index (χ4v) is 4.78. The molecule has 1 amide bonds. The number of carbonyl (C=O) groups excluding carboxylic acids is 1. The number of imidazole rings is 2. The molecule has 5 rings (SSSR count). The Kier molecular flexibility index (Phi) is 5.53. The van der Waals surface area contributed by atoms with Gasteiger partial charge < -0.3 is 14.7 Å². The molecule has 0 atom stereocenters. The number of thiophene rings is 1. The summed E-state index contributed by atoms with van der Waals surface area (Å²) in [6, 6.07) is 10.0. The summed E-state index contributed by atoms with van der Waals surface area (Å²) in [5, 5.41) is 13.2. The number of nitrogens with zero attached hydrogens (tertiary/aromatic N) is 4. The minimum atomic E-state index is -0.925. The van der Waals surface area contributed by atoms with E-state index in [1.54, 1.807) is 45.2 Å². The average molecular weight is 495 g/mol. The maximum atomic E-state index is 13.5.